The Balaban J connectivity index is 2.85. The second-order valence-electron chi connectivity index (χ2n) is 6.87. The molecule has 0 bridgehead atoms. The van der Waals surface area contributed by atoms with Crippen molar-refractivity contribution in [3.05, 3.63) is 0 Å². The van der Waals surface area contributed by atoms with Gasteiger partial charge in [-0.3, -0.25) is 0 Å². The van der Waals surface area contributed by atoms with E-state index in [1.165, 1.54) is 23.3 Å². The van der Waals surface area contributed by atoms with Crippen LogP contribution in [-0.4, -0.2) is 33.9 Å². The molecule has 1 aliphatic heterocycles. The van der Waals surface area contributed by atoms with Crippen LogP contribution in [0.15, 0.2) is 0 Å². The molecule has 1 unspecified atom stereocenters. The third-order valence-corrected chi connectivity index (χ3v) is 21.1. The summed E-state index contributed by atoms with van der Waals surface area (Å²) in [7, 11) is 2.23. The first kappa shape index (κ1) is 17.4. The predicted octanol–water partition coefficient (Wildman–Crippen LogP) is 4.50. The van der Waals surface area contributed by atoms with Gasteiger partial charge in [0.1, 0.15) is 0 Å². The van der Waals surface area contributed by atoms with E-state index in [0.29, 0.717) is 11.2 Å². The van der Waals surface area contributed by atoms with Crippen LogP contribution in [0.4, 0.5) is 0 Å². The Morgan fingerprint density at radius 1 is 1.21 bits per heavy atom. The third-order valence-electron chi connectivity index (χ3n) is 3.96. The molecule has 0 aliphatic carbocycles. The second kappa shape index (κ2) is 7.39. The molecule has 0 spiro atoms. The van der Waals surface area contributed by atoms with Crippen molar-refractivity contribution in [2.45, 2.75) is 70.1 Å². The molecule has 1 fully saturated rings. The van der Waals surface area contributed by atoms with E-state index in [2.05, 4.69) is 48.6 Å². The summed E-state index contributed by atoms with van der Waals surface area (Å²) >= 11 is -2.20. The predicted molar refractivity (Wildman–Crippen MR) is 88.7 cm³/mol. The van der Waals surface area contributed by atoms with Crippen molar-refractivity contribution in [1.29, 1.82) is 0 Å². The first-order chi connectivity index (χ1) is 8.77. The number of carbonyl (C=O) groups is 1. The van der Waals surface area contributed by atoms with Gasteiger partial charge in [-0.1, -0.05) is 0 Å². The van der Waals surface area contributed by atoms with Crippen molar-refractivity contribution in [1.82, 2.24) is 3.86 Å². The molecule has 1 saturated heterocycles. The van der Waals surface area contributed by atoms with Crippen LogP contribution >= 0.6 is 10.1 Å². The zero-order valence-corrected chi connectivity index (χ0v) is 16.4. The van der Waals surface area contributed by atoms with Gasteiger partial charge in [-0.25, -0.2) is 0 Å². The molecular formula is C15H31GeNOS. The summed E-state index contributed by atoms with van der Waals surface area (Å²) in [6, 6.07) is 0. The van der Waals surface area contributed by atoms with E-state index in [9.17, 15) is 4.79 Å². The minimum atomic E-state index is -2.20. The molecule has 0 N–H and O–H groups in total. The summed E-state index contributed by atoms with van der Waals surface area (Å²) < 4.78 is 2.35. The van der Waals surface area contributed by atoms with Crippen LogP contribution in [0.2, 0.25) is 10.5 Å². The Hall–Kier alpha value is 0.363. The number of carbonyl (C=O) groups excluding carboxylic acids is 1. The number of nitrogens with zero attached hydrogens (tertiary/aromatic N) is 1. The van der Waals surface area contributed by atoms with Crippen LogP contribution in [-0.2, 0) is 4.79 Å². The van der Waals surface area contributed by atoms with Crippen molar-refractivity contribution in [2.75, 3.05) is 6.54 Å². The summed E-state index contributed by atoms with van der Waals surface area (Å²) in [4.78, 5) is 12.1. The molecule has 0 radical (unpaired) electrons. The number of rotatable bonds is 6. The Morgan fingerprint density at radius 3 is 2.05 bits per heavy atom. The van der Waals surface area contributed by atoms with E-state index in [1.807, 2.05) is 0 Å². The Labute approximate surface area is 125 Å². The molecule has 0 saturated carbocycles. The normalized spacial score (nSPS) is 22.5. The van der Waals surface area contributed by atoms with Gasteiger partial charge in [0, 0.05) is 0 Å². The van der Waals surface area contributed by atoms with E-state index in [4.69, 9.17) is 0 Å². The standard InChI is InChI=1S/C15H31GeNOS/c1-12(2)7-9-16(10-8-13(3)4)17(15(6)18)11-14(5)19-16/h12-14H,7-11H2,1-6H3. The SMILES string of the molecule is CC(=O)[N]1CC(C)[S][Ge]1([CH2]CC(C)C)[CH2]CC(C)C. The number of hydrogen-bond donors (Lipinski definition) is 0. The molecule has 0 aromatic heterocycles. The Kier molecular flexibility index (Phi) is 6.78. The van der Waals surface area contributed by atoms with Gasteiger partial charge in [0.2, 0.25) is 0 Å². The fourth-order valence-corrected chi connectivity index (χ4v) is 22.7. The molecule has 4 heteroatoms. The second-order valence-corrected chi connectivity index (χ2v) is 20.5. The van der Waals surface area contributed by atoms with Crippen LogP contribution in [0.1, 0.15) is 54.4 Å². The molecule has 19 heavy (non-hydrogen) atoms. The summed E-state index contributed by atoms with van der Waals surface area (Å²) in [5, 5.41) is 3.32. The number of amides is 1. The van der Waals surface area contributed by atoms with Gasteiger partial charge in [-0.15, -0.1) is 0 Å². The maximum absolute atomic E-state index is 12.1. The summed E-state index contributed by atoms with van der Waals surface area (Å²) in [5.41, 5.74) is 0. The fourth-order valence-electron chi connectivity index (χ4n) is 2.86. The monoisotopic (exact) mass is 347 g/mol. The van der Waals surface area contributed by atoms with Crippen molar-refractivity contribution in [3.8, 4) is 0 Å². The van der Waals surface area contributed by atoms with E-state index in [0.717, 1.165) is 18.4 Å². The quantitative estimate of drug-likeness (QED) is 0.660. The number of hydrogen-bond acceptors (Lipinski definition) is 2. The van der Waals surface area contributed by atoms with Crippen LogP contribution in [0.3, 0.4) is 0 Å². The van der Waals surface area contributed by atoms with Crippen LogP contribution in [0.5, 0.6) is 0 Å². The van der Waals surface area contributed by atoms with Gasteiger partial charge in [0.05, 0.1) is 0 Å². The van der Waals surface area contributed by atoms with Gasteiger partial charge in [0.25, 0.3) is 0 Å². The van der Waals surface area contributed by atoms with Crippen molar-refractivity contribution >= 4 is 28.3 Å². The average Bonchev–Trinajstić information content (AvgIpc) is 2.62. The Morgan fingerprint density at radius 2 is 1.68 bits per heavy atom. The molecule has 1 aliphatic rings. The van der Waals surface area contributed by atoms with Crippen LogP contribution in [0.25, 0.3) is 0 Å². The molecule has 1 rings (SSSR count). The van der Waals surface area contributed by atoms with Crippen molar-refractivity contribution < 1.29 is 4.79 Å². The van der Waals surface area contributed by atoms with Crippen LogP contribution < -0.4 is 0 Å². The summed E-state index contributed by atoms with van der Waals surface area (Å²) in [6.45, 7) is 14.3. The topological polar surface area (TPSA) is 20.3 Å². The first-order valence-corrected chi connectivity index (χ1v) is 15.1. The first-order valence-electron chi connectivity index (χ1n) is 7.73. The zero-order valence-electron chi connectivity index (χ0n) is 13.5. The van der Waals surface area contributed by atoms with E-state index in [-0.39, 0.29) is 0 Å². The van der Waals surface area contributed by atoms with Gasteiger partial charge < -0.3 is 0 Å². The summed E-state index contributed by atoms with van der Waals surface area (Å²) in [5.74, 6) is 1.85. The van der Waals surface area contributed by atoms with Gasteiger partial charge in [-0.05, 0) is 0 Å². The minimum absolute atomic E-state index is 0.337. The Bertz CT molecular complexity index is 295. The molecule has 112 valence electrons. The molecule has 1 atom stereocenters. The maximum atomic E-state index is 12.1. The third kappa shape index (κ3) is 5.00. The average molecular weight is 346 g/mol. The van der Waals surface area contributed by atoms with Gasteiger partial charge >= 0.3 is 126 Å². The van der Waals surface area contributed by atoms with Crippen molar-refractivity contribution in [3.63, 3.8) is 0 Å². The van der Waals surface area contributed by atoms with E-state index >= 15 is 0 Å². The molecule has 1 amide bonds. The van der Waals surface area contributed by atoms with E-state index in [1.54, 1.807) is 6.92 Å². The van der Waals surface area contributed by atoms with Gasteiger partial charge in [0.15, 0.2) is 0 Å². The molecular weight excluding hydrogens is 315 g/mol. The summed E-state index contributed by atoms with van der Waals surface area (Å²) in [6.07, 6.45) is 2.59. The molecule has 1 heterocycles. The van der Waals surface area contributed by atoms with E-state index < -0.39 is 12.3 Å². The zero-order chi connectivity index (χ0) is 14.6. The molecule has 2 nitrogen and oxygen atoms in total. The fraction of sp³-hybridized carbons (Fsp3) is 0.933. The van der Waals surface area contributed by atoms with Crippen LogP contribution in [0, 0.1) is 11.8 Å². The molecule has 0 aromatic carbocycles. The molecule has 0 aromatic rings. The van der Waals surface area contributed by atoms with Gasteiger partial charge in [-0.2, -0.15) is 0 Å². The van der Waals surface area contributed by atoms with Crippen molar-refractivity contribution in [2.24, 2.45) is 11.8 Å².